The maximum absolute atomic E-state index is 12.1. The van der Waals surface area contributed by atoms with Crippen LogP contribution in [-0.4, -0.2) is 23.1 Å². The van der Waals surface area contributed by atoms with Gasteiger partial charge in [0.2, 0.25) is 0 Å². The first-order chi connectivity index (χ1) is 9.14. The van der Waals surface area contributed by atoms with Crippen molar-refractivity contribution >= 4 is 23.4 Å². The number of halogens is 3. The molecule has 11 heteroatoms. The average molecular weight is 293 g/mol. The summed E-state index contributed by atoms with van der Waals surface area (Å²) in [6.07, 6.45) is -5.39. The molecule has 1 rings (SSSR count). The number of urea groups is 1. The van der Waals surface area contributed by atoms with Crippen molar-refractivity contribution in [1.29, 1.82) is 0 Å². The normalized spacial score (nSPS) is 10.8. The number of para-hydroxylation sites is 2. The van der Waals surface area contributed by atoms with Gasteiger partial charge in [0.05, 0.1) is 4.92 Å². The van der Waals surface area contributed by atoms with Crippen molar-refractivity contribution in [3.63, 3.8) is 0 Å². The molecule has 2 amide bonds. The van der Waals surface area contributed by atoms with Gasteiger partial charge in [-0.25, -0.2) is 9.59 Å². The Morgan fingerprint density at radius 3 is 2.30 bits per heavy atom. The number of carbonyl (C=O) groups is 2. The number of nitro benzene ring substituents is 1. The van der Waals surface area contributed by atoms with E-state index >= 15 is 0 Å². The van der Waals surface area contributed by atoms with E-state index < -0.39 is 34.5 Å². The van der Waals surface area contributed by atoms with Crippen LogP contribution in [0.25, 0.3) is 0 Å². The minimum Gasteiger partial charge on any atom is -0.349 e. The van der Waals surface area contributed by atoms with E-state index in [4.69, 9.17) is 5.73 Å². The van der Waals surface area contributed by atoms with E-state index in [0.29, 0.717) is 0 Å². The van der Waals surface area contributed by atoms with Gasteiger partial charge in [0.1, 0.15) is 0 Å². The summed E-state index contributed by atoms with van der Waals surface area (Å²) in [4.78, 5) is 35.1. The van der Waals surface area contributed by atoms with E-state index in [9.17, 15) is 32.9 Å². The minimum atomic E-state index is -5.39. The fourth-order valence-electron chi connectivity index (χ4n) is 1.14. The first-order valence-corrected chi connectivity index (χ1v) is 4.76. The van der Waals surface area contributed by atoms with Crippen LogP contribution in [0.15, 0.2) is 24.3 Å². The number of hydrogen-bond donors (Lipinski definition) is 1. The SMILES string of the molecule is NC(=O)N(OC(=O)C(F)(F)F)c1ccccc1[N+](=O)[O-]. The highest BCUT2D eigenvalue weighted by molar-refractivity contribution is 5.93. The molecule has 0 bridgehead atoms. The quantitative estimate of drug-likeness (QED) is 0.655. The highest BCUT2D eigenvalue weighted by Gasteiger charge is 2.44. The summed E-state index contributed by atoms with van der Waals surface area (Å²) in [7, 11) is 0. The van der Waals surface area contributed by atoms with Gasteiger partial charge >= 0.3 is 18.2 Å². The van der Waals surface area contributed by atoms with Gasteiger partial charge in [-0.05, 0) is 6.07 Å². The fourth-order valence-corrected chi connectivity index (χ4v) is 1.14. The number of anilines is 1. The van der Waals surface area contributed by atoms with Gasteiger partial charge in [-0.15, -0.1) is 5.06 Å². The van der Waals surface area contributed by atoms with Crippen molar-refractivity contribution in [2.45, 2.75) is 6.18 Å². The standard InChI is InChI=1S/C9H6F3N3O5/c10-9(11,12)7(16)20-14(8(13)17)5-3-1-2-4-6(5)15(18)19/h1-4H,(H2,13,17). The number of nitrogens with zero attached hydrogens (tertiary/aromatic N) is 2. The number of nitro groups is 1. The summed E-state index contributed by atoms with van der Waals surface area (Å²) in [5, 5.41) is 10.4. The van der Waals surface area contributed by atoms with Crippen molar-refractivity contribution < 1.29 is 32.5 Å². The summed E-state index contributed by atoms with van der Waals surface area (Å²) in [6.45, 7) is 0. The lowest BCUT2D eigenvalue weighted by molar-refractivity contribution is -0.384. The third-order valence-electron chi connectivity index (χ3n) is 1.90. The average Bonchev–Trinajstić information content (AvgIpc) is 2.33. The number of hydroxylamine groups is 1. The molecule has 0 atom stereocenters. The van der Waals surface area contributed by atoms with Crippen LogP contribution in [0.4, 0.5) is 29.3 Å². The van der Waals surface area contributed by atoms with Crippen LogP contribution in [0.3, 0.4) is 0 Å². The summed E-state index contributed by atoms with van der Waals surface area (Å²) < 4.78 is 36.2. The monoisotopic (exact) mass is 293 g/mol. The molecule has 0 saturated carbocycles. The molecule has 0 saturated heterocycles. The van der Waals surface area contributed by atoms with Gasteiger partial charge in [-0.2, -0.15) is 13.2 Å². The molecule has 0 radical (unpaired) electrons. The molecule has 0 heterocycles. The number of benzene rings is 1. The van der Waals surface area contributed by atoms with Crippen LogP contribution in [0.2, 0.25) is 0 Å². The summed E-state index contributed by atoms with van der Waals surface area (Å²) in [5.74, 6) is -2.74. The number of amides is 2. The van der Waals surface area contributed by atoms with Crippen LogP contribution in [-0.2, 0) is 9.63 Å². The Kier molecular flexibility index (Phi) is 4.12. The molecular formula is C9H6F3N3O5. The molecule has 0 aliphatic heterocycles. The summed E-state index contributed by atoms with van der Waals surface area (Å²) in [6, 6.07) is 2.54. The fraction of sp³-hybridized carbons (Fsp3) is 0.111. The Hall–Kier alpha value is -2.85. The Balaban J connectivity index is 3.20. The molecule has 0 fully saturated rings. The Bertz CT molecular complexity index is 560. The zero-order valence-electron chi connectivity index (χ0n) is 9.46. The van der Waals surface area contributed by atoms with Crippen LogP contribution < -0.4 is 10.8 Å². The number of rotatable bonds is 2. The molecule has 2 N–H and O–H groups in total. The number of hydrogen-bond acceptors (Lipinski definition) is 5. The van der Waals surface area contributed by atoms with Crippen LogP contribution in [0, 0.1) is 10.1 Å². The Morgan fingerprint density at radius 1 is 1.30 bits per heavy atom. The second-order valence-electron chi connectivity index (χ2n) is 3.25. The molecule has 0 unspecified atom stereocenters. The van der Waals surface area contributed by atoms with E-state index in [2.05, 4.69) is 4.84 Å². The van der Waals surface area contributed by atoms with Gasteiger partial charge < -0.3 is 10.6 Å². The van der Waals surface area contributed by atoms with E-state index in [-0.39, 0.29) is 5.06 Å². The number of primary amides is 1. The minimum absolute atomic E-state index is 0.298. The second-order valence-corrected chi connectivity index (χ2v) is 3.25. The van der Waals surface area contributed by atoms with E-state index in [1.807, 2.05) is 0 Å². The molecule has 108 valence electrons. The molecule has 0 spiro atoms. The largest absolute Gasteiger partial charge is 0.493 e. The molecule has 8 nitrogen and oxygen atoms in total. The highest BCUT2D eigenvalue weighted by atomic mass is 19.4. The van der Waals surface area contributed by atoms with Crippen molar-refractivity contribution in [2.75, 3.05) is 5.06 Å². The molecule has 0 aliphatic carbocycles. The molecule has 0 aromatic heterocycles. The second kappa shape index (κ2) is 5.42. The highest BCUT2D eigenvalue weighted by Crippen LogP contribution is 2.29. The molecule has 1 aromatic rings. The molecule has 20 heavy (non-hydrogen) atoms. The van der Waals surface area contributed by atoms with E-state index in [1.165, 1.54) is 12.1 Å². The maximum Gasteiger partial charge on any atom is 0.493 e. The topological polar surface area (TPSA) is 116 Å². The zero-order valence-corrected chi connectivity index (χ0v) is 9.46. The molecule has 0 aliphatic rings. The van der Waals surface area contributed by atoms with Crippen LogP contribution >= 0.6 is 0 Å². The lowest BCUT2D eigenvalue weighted by atomic mass is 10.2. The summed E-state index contributed by atoms with van der Waals surface area (Å²) >= 11 is 0. The van der Waals surface area contributed by atoms with Crippen molar-refractivity contribution in [3.05, 3.63) is 34.4 Å². The molecular weight excluding hydrogens is 287 g/mol. The first kappa shape index (κ1) is 15.2. The number of alkyl halides is 3. The Labute approximate surface area is 108 Å². The lowest BCUT2D eigenvalue weighted by Gasteiger charge is -2.19. The van der Waals surface area contributed by atoms with Crippen molar-refractivity contribution in [3.8, 4) is 0 Å². The first-order valence-electron chi connectivity index (χ1n) is 4.76. The van der Waals surface area contributed by atoms with Gasteiger partial charge in [0.15, 0.2) is 5.69 Å². The van der Waals surface area contributed by atoms with Gasteiger partial charge in [0, 0.05) is 6.07 Å². The molecule has 1 aromatic carbocycles. The number of carbonyl (C=O) groups excluding carboxylic acids is 2. The van der Waals surface area contributed by atoms with Gasteiger partial charge in [0.25, 0.3) is 5.69 Å². The predicted molar refractivity (Wildman–Crippen MR) is 57.3 cm³/mol. The van der Waals surface area contributed by atoms with E-state index in [0.717, 1.165) is 12.1 Å². The third-order valence-corrected chi connectivity index (χ3v) is 1.90. The third kappa shape index (κ3) is 3.34. The summed E-state index contributed by atoms with van der Waals surface area (Å²) in [5.41, 5.74) is 3.28. The lowest BCUT2D eigenvalue weighted by Crippen LogP contribution is -2.41. The maximum atomic E-state index is 12.1. The van der Waals surface area contributed by atoms with Crippen LogP contribution in [0.5, 0.6) is 0 Å². The number of nitrogens with two attached hydrogens (primary N) is 1. The zero-order chi connectivity index (χ0) is 15.5. The van der Waals surface area contributed by atoms with Crippen molar-refractivity contribution in [2.24, 2.45) is 5.73 Å². The Morgan fingerprint density at radius 2 is 1.85 bits per heavy atom. The van der Waals surface area contributed by atoms with Crippen LogP contribution in [0.1, 0.15) is 0 Å². The van der Waals surface area contributed by atoms with E-state index in [1.54, 1.807) is 0 Å². The van der Waals surface area contributed by atoms with Crippen molar-refractivity contribution in [1.82, 2.24) is 0 Å². The van der Waals surface area contributed by atoms with Gasteiger partial charge in [-0.1, -0.05) is 12.1 Å². The smallest absolute Gasteiger partial charge is 0.349 e. The predicted octanol–water partition coefficient (Wildman–Crippen LogP) is 1.50. The van der Waals surface area contributed by atoms with Gasteiger partial charge in [-0.3, -0.25) is 10.1 Å².